The molecule has 52 heavy (non-hydrogen) atoms. The number of amides is 2. The van der Waals surface area contributed by atoms with Crippen LogP contribution in [-0.4, -0.2) is 69.6 Å². The highest BCUT2D eigenvalue weighted by Crippen LogP contribution is 2.73. The van der Waals surface area contributed by atoms with Crippen molar-refractivity contribution in [3.63, 3.8) is 0 Å². The number of carbonyl (C=O) groups excluding carboxylic acids is 4. The molecule has 2 aromatic rings. The summed E-state index contributed by atoms with van der Waals surface area (Å²) in [5, 5.41) is 21.2. The van der Waals surface area contributed by atoms with Crippen molar-refractivity contribution < 1.29 is 46.9 Å². The van der Waals surface area contributed by atoms with Gasteiger partial charge in [-0.05, 0) is 48.2 Å². The molecule has 0 saturated heterocycles. The number of fused-ring (bicyclic) bond motifs is 2. The number of ether oxygens (including phenoxy) is 4. The molecule has 14 nitrogen and oxygen atoms in total. The molecule has 4 saturated carbocycles. The number of alkyl halides is 2. The molecule has 0 unspecified atom stereocenters. The zero-order valence-electron chi connectivity index (χ0n) is 26.3. The summed E-state index contributed by atoms with van der Waals surface area (Å²) < 4.78 is 54.6. The standard InChI is InChI=1S/C32H26Cl4F2N6O8/c33-15-3-1-13(5-17(15)35)9-49-21-7-19-29(37,25(41)47)31(19,27(21,43)11-39)51-23(45)24(46)52-32-20(30(32,38)26(42)48)8-22(28(32,44)12-40)50-10-14-2-4-16(34)18(36)6-14/h1-6,19-22H,7-10,43-44H2,(H2,41,47)(H2,42,48)/t19-,20-,21+,22+,27-,28-,29-,30-,31+,32+/m0/s1. The van der Waals surface area contributed by atoms with E-state index in [1.807, 2.05) is 0 Å². The van der Waals surface area contributed by atoms with Crippen LogP contribution >= 0.6 is 46.4 Å². The van der Waals surface area contributed by atoms with Crippen molar-refractivity contribution in [2.45, 2.75) is 71.9 Å². The highest BCUT2D eigenvalue weighted by molar-refractivity contribution is 6.42. The summed E-state index contributed by atoms with van der Waals surface area (Å²) in [5.41, 5.74) is 6.60. The number of nitrogens with two attached hydrogens (primary N) is 4. The number of nitrogens with zero attached hydrogens (tertiary/aromatic N) is 2. The maximum Gasteiger partial charge on any atom is 0.418 e. The van der Waals surface area contributed by atoms with Gasteiger partial charge in [0.1, 0.15) is 0 Å². The summed E-state index contributed by atoms with van der Waals surface area (Å²) in [6, 6.07) is 12.2. The van der Waals surface area contributed by atoms with Crippen LogP contribution in [0.1, 0.15) is 24.0 Å². The minimum absolute atomic E-state index is 0.173. The third kappa shape index (κ3) is 4.79. The van der Waals surface area contributed by atoms with Gasteiger partial charge in [-0.3, -0.25) is 9.59 Å². The summed E-state index contributed by atoms with van der Waals surface area (Å²) in [4.78, 5) is 51.6. The Morgan fingerprint density at radius 3 is 1.33 bits per heavy atom. The van der Waals surface area contributed by atoms with E-state index in [0.29, 0.717) is 11.1 Å². The van der Waals surface area contributed by atoms with Crippen LogP contribution in [0.3, 0.4) is 0 Å². The van der Waals surface area contributed by atoms with Crippen molar-refractivity contribution in [1.29, 1.82) is 10.5 Å². The van der Waals surface area contributed by atoms with Crippen LogP contribution in [0.25, 0.3) is 0 Å². The highest BCUT2D eigenvalue weighted by atomic mass is 35.5. The maximum absolute atomic E-state index is 16.3. The molecule has 0 heterocycles. The van der Waals surface area contributed by atoms with Crippen LogP contribution in [-0.2, 0) is 51.3 Å². The first-order valence-electron chi connectivity index (χ1n) is 15.2. The third-order valence-corrected chi connectivity index (χ3v) is 12.1. The van der Waals surface area contributed by atoms with Gasteiger partial charge >= 0.3 is 11.9 Å². The van der Waals surface area contributed by atoms with Crippen LogP contribution in [0, 0.1) is 34.5 Å². The molecule has 6 rings (SSSR count). The molecule has 2 aromatic carbocycles. The third-order valence-electron chi connectivity index (χ3n) is 10.6. The van der Waals surface area contributed by atoms with Crippen LogP contribution in [0.2, 0.25) is 20.1 Å². The van der Waals surface area contributed by atoms with Gasteiger partial charge in [0.15, 0.2) is 22.3 Å². The Hall–Kier alpha value is -3.84. The minimum atomic E-state index is -3.27. The average molecular weight is 802 g/mol. The van der Waals surface area contributed by atoms with E-state index in [2.05, 4.69) is 0 Å². The van der Waals surface area contributed by atoms with Crippen LogP contribution in [0.5, 0.6) is 0 Å². The number of halogens is 6. The number of hydrogen-bond donors (Lipinski definition) is 4. The summed E-state index contributed by atoms with van der Waals surface area (Å²) in [7, 11) is 0. The first-order valence-corrected chi connectivity index (χ1v) is 16.7. The maximum atomic E-state index is 16.3. The molecule has 0 aliphatic heterocycles. The molecule has 0 aromatic heterocycles. The van der Waals surface area contributed by atoms with E-state index in [0.717, 1.165) is 0 Å². The van der Waals surface area contributed by atoms with Crippen molar-refractivity contribution in [3.8, 4) is 12.1 Å². The summed E-state index contributed by atoms with van der Waals surface area (Å²) >= 11 is 24.0. The minimum Gasteiger partial charge on any atom is -0.443 e. The first-order chi connectivity index (χ1) is 24.3. The van der Waals surface area contributed by atoms with Crippen molar-refractivity contribution in [2.75, 3.05) is 0 Å². The lowest BCUT2D eigenvalue weighted by Gasteiger charge is -2.36. The van der Waals surface area contributed by atoms with E-state index in [4.69, 9.17) is 88.3 Å². The molecule has 0 bridgehead atoms. The summed E-state index contributed by atoms with van der Waals surface area (Å²) in [5.74, 6) is -10.9. The summed E-state index contributed by atoms with van der Waals surface area (Å²) in [6.07, 6.45) is -3.82. The van der Waals surface area contributed by atoms with Crippen LogP contribution in [0.15, 0.2) is 36.4 Å². The molecule has 0 spiro atoms. The Bertz CT molecular complexity index is 1900. The smallest absolute Gasteiger partial charge is 0.418 e. The number of carbonyl (C=O) groups is 4. The predicted octanol–water partition coefficient (Wildman–Crippen LogP) is 2.23. The fraction of sp³-hybridized carbons (Fsp3) is 0.438. The fourth-order valence-electron chi connectivity index (χ4n) is 7.99. The van der Waals surface area contributed by atoms with Gasteiger partial charge in [-0.15, -0.1) is 0 Å². The van der Waals surface area contributed by atoms with Gasteiger partial charge in [0.25, 0.3) is 11.8 Å². The molecule has 20 heteroatoms. The van der Waals surface area contributed by atoms with Gasteiger partial charge in [-0.2, -0.15) is 10.5 Å². The van der Waals surface area contributed by atoms with Crippen molar-refractivity contribution >= 4 is 70.2 Å². The van der Waals surface area contributed by atoms with Crippen LogP contribution < -0.4 is 22.9 Å². The number of benzene rings is 2. The number of nitriles is 2. The number of hydrogen-bond acceptors (Lipinski definition) is 12. The second kappa shape index (κ2) is 12.4. The lowest BCUT2D eigenvalue weighted by Crippen LogP contribution is -2.66. The largest absolute Gasteiger partial charge is 0.443 e. The molecule has 4 aliphatic carbocycles. The Labute approximate surface area is 313 Å². The quantitative estimate of drug-likeness (QED) is 0.199. The summed E-state index contributed by atoms with van der Waals surface area (Å²) in [6.45, 7) is -0.513. The van der Waals surface area contributed by atoms with E-state index in [9.17, 15) is 29.7 Å². The van der Waals surface area contributed by atoms with Crippen LogP contribution in [0.4, 0.5) is 8.78 Å². The van der Waals surface area contributed by atoms with Gasteiger partial charge < -0.3 is 41.9 Å². The molecule has 274 valence electrons. The van der Waals surface area contributed by atoms with E-state index < -0.39 is 94.3 Å². The molecular formula is C32H26Cl4F2N6O8. The molecule has 4 aliphatic rings. The van der Waals surface area contributed by atoms with Crippen molar-refractivity contribution in [1.82, 2.24) is 0 Å². The van der Waals surface area contributed by atoms with Gasteiger partial charge in [-0.1, -0.05) is 58.5 Å². The fourth-order valence-corrected chi connectivity index (χ4v) is 8.63. The normalized spacial score (nSPS) is 37.9. The molecule has 2 amide bonds. The Morgan fingerprint density at radius 2 is 1.04 bits per heavy atom. The average Bonchev–Trinajstić information content (AvgIpc) is 3.72. The van der Waals surface area contributed by atoms with E-state index in [1.54, 1.807) is 12.1 Å². The highest BCUT2D eigenvalue weighted by Gasteiger charge is 2.98. The van der Waals surface area contributed by atoms with E-state index >= 15 is 8.78 Å². The van der Waals surface area contributed by atoms with Gasteiger partial charge in [0.2, 0.25) is 11.3 Å². The molecule has 10 atom stereocenters. The van der Waals surface area contributed by atoms with E-state index in [1.165, 1.54) is 36.4 Å². The molecule has 0 radical (unpaired) electrons. The Balaban J connectivity index is 1.25. The number of rotatable bonds is 10. The topological polar surface area (TPSA) is 257 Å². The lowest BCUT2D eigenvalue weighted by atomic mass is 9.86. The second-order valence-electron chi connectivity index (χ2n) is 13.0. The Kier molecular flexibility index (Phi) is 9.01. The van der Waals surface area contributed by atoms with Gasteiger partial charge in [-0.25, -0.2) is 18.4 Å². The molecule has 8 N–H and O–H groups in total. The van der Waals surface area contributed by atoms with Gasteiger partial charge in [0, 0.05) is 0 Å². The number of esters is 2. The molecular weight excluding hydrogens is 776 g/mol. The van der Waals surface area contributed by atoms with Crippen molar-refractivity contribution in [2.24, 2.45) is 34.8 Å². The second-order valence-corrected chi connectivity index (χ2v) is 14.7. The Morgan fingerprint density at radius 1 is 0.692 bits per heavy atom. The SMILES string of the molecule is N#C[C@]1(N)[C@H](OCc2ccc(Cl)c(Cl)c2)C[C@@H]2[C@]1(OC(=O)C(=O)O[C@]13[C@@H](C[C@@H](OCc4ccc(Cl)c(Cl)c4)[C@@]1(N)C#N)[C@]3(F)C(N)=O)[C@@]2(F)C(N)=O. The molecule has 4 fully saturated rings. The van der Waals surface area contributed by atoms with Crippen molar-refractivity contribution in [3.05, 3.63) is 67.6 Å². The zero-order chi connectivity index (χ0) is 38.4. The predicted molar refractivity (Wildman–Crippen MR) is 175 cm³/mol. The first kappa shape index (κ1) is 37.9. The lowest BCUT2D eigenvalue weighted by molar-refractivity contribution is -0.187. The monoisotopic (exact) mass is 800 g/mol. The van der Waals surface area contributed by atoms with E-state index in [-0.39, 0.29) is 33.3 Å². The number of primary amides is 2. The van der Waals surface area contributed by atoms with Gasteiger partial charge in [0.05, 0.1) is 69.5 Å². The zero-order valence-corrected chi connectivity index (χ0v) is 29.4.